The molecule has 1 aromatic carbocycles. The molecular weight excluding hydrogens is 294 g/mol. The van der Waals surface area contributed by atoms with Crippen molar-refractivity contribution < 1.29 is 9.73 Å². The topological polar surface area (TPSA) is 107 Å². The van der Waals surface area contributed by atoms with E-state index in [2.05, 4.69) is 20.3 Å². The second-order valence-corrected chi connectivity index (χ2v) is 4.68. The minimum absolute atomic E-state index is 0.171. The quantitative estimate of drug-likeness (QED) is 0.467. The van der Waals surface area contributed by atoms with Crippen LogP contribution >= 0.6 is 11.6 Å². The average Bonchev–Trinajstić information content (AvgIpc) is 2.37. The van der Waals surface area contributed by atoms with Crippen molar-refractivity contribution in [2.45, 2.75) is 6.92 Å². The van der Waals surface area contributed by atoms with Crippen LogP contribution in [0.1, 0.15) is 5.69 Å². The van der Waals surface area contributed by atoms with E-state index in [-0.39, 0.29) is 17.5 Å². The molecule has 2 aromatic rings. The summed E-state index contributed by atoms with van der Waals surface area (Å²) in [5.74, 6) is 0.991. The maximum Gasteiger partial charge on any atom is 0.325 e. The summed E-state index contributed by atoms with van der Waals surface area (Å²) < 4.78 is 5.20. The van der Waals surface area contributed by atoms with Crippen molar-refractivity contribution in [2.24, 2.45) is 5.73 Å². The molecule has 0 bridgehead atoms. The van der Waals surface area contributed by atoms with Crippen molar-refractivity contribution in [3.63, 3.8) is 0 Å². The van der Waals surface area contributed by atoms with Gasteiger partial charge in [0.1, 0.15) is 5.69 Å². The van der Waals surface area contributed by atoms with Crippen LogP contribution in [0.25, 0.3) is 0 Å². The molecular formula is C13H15ClN5O2+. The number of nitrogens with two attached hydrogens (primary N) is 1. The lowest BCUT2D eigenvalue weighted by molar-refractivity contribution is -0.365. The van der Waals surface area contributed by atoms with Gasteiger partial charge in [-0.2, -0.15) is 0 Å². The number of anilines is 1. The van der Waals surface area contributed by atoms with Crippen LogP contribution in [0.2, 0.25) is 5.02 Å². The number of benzene rings is 1. The molecule has 1 aromatic heterocycles. The number of nitrogens with one attached hydrogen (secondary N) is 3. The van der Waals surface area contributed by atoms with Crippen molar-refractivity contribution in [1.29, 1.82) is 0 Å². The molecule has 0 unspecified atom stereocenters. The van der Waals surface area contributed by atoms with Gasteiger partial charge in [0.05, 0.1) is 12.8 Å². The van der Waals surface area contributed by atoms with Gasteiger partial charge in [0.25, 0.3) is 11.5 Å². The third kappa shape index (κ3) is 3.96. The molecule has 0 aliphatic rings. The molecule has 0 radical (unpaired) electrons. The smallest absolute Gasteiger partial charge is 0.325 e. The molecule has 0 aliphatic heterocycles. The van der Waals surface area contributed by atoms with Crippen LogP contribution in [0.5, 0.6) is 5.75 Å². The molecule has 0 saturated carbocycles. The van der Waals surface area contributed by atoms with Crippen molar-refractivity contribution >= 4 is 29.2 Å². The number of aryl methyl sites for hydroxylation is 1. The fourth-order valence-corrected chi connectivity index (χ4v) is 1.89. The molecule has 0 fully saturated rings. The van der Waals surface area contributed by atoms with E-state index in [1.165, 1.54) is 13.2 Å². The third-order valence-corrected chi connectivity index (χ3v) is 2.79. The summed E-state index contributed by atoms with van der Waals surface area (Å²) in [5, 5.41) is 3.44. The van der Waals surface area contributed by atoms with Crippen LogP contribution in [0, 0.1) is 6.92 Å². The zero-order valence-corrected chi connectivity index (χ0v) is 12.3. The van der Waals surface area contributed by atoms with E-state index < -0.39 is 0 Å². The minimum atomic E-state index is -0.266. The molecule has 21 heavy (non-hydrogen) atoms. The molecule has 0 spiro atoms. The third-order valence-electron chi connectivity index (χ3n) is 2.55. The molecule has 0 atom stereocenters. The number of hydrogen-bond acceptors (Lipinski definition) is 3. The lowest BCUT2D eigenvalue weighted by Gasteiger charge is -2.08. The number of ether oxygens (including phenoxy) is 1. The summed E-state index contributed by atoms with van der Waals surface area (Å²) in [6, 6.07) is 6.47. The van der Waals surface area contributed by atoms with E-state index in [9.17, 15) is 4.79 Å². The number of aromatic amines is 1. The monoisotopic (exact) mass is 308 g/mol. The van der Waals surface area contributed by atoms with E-state index in [1.54, 1.807) is 25.1 Å². The molecule has 0 saturated heterocycles. The highest BCUT2D eigenvalue weighted by atomic mass is 35.5. The Bertz CT molecular complexity index is 742. The largest absolute Gasteiger partial charge is 0.494 e. The lowest BCUT2D eigenvalue weighted by atomic mass is 10.3. The molecule has 0 aliphatic carbocycles. The van der Waals surface area contributed by atoms with Crippen LogP contribution in [0.4, 0.5) is 11.6 Å². The Kier molecular flexibility index (Phi) is 4.44. The van der Waals surface area contributed by atoms with Gasteiger partial charge in [-0.1, -0.05) is 11.6 Å². The number of guanidine groups is 1. The fourth-order valence-electron chi connectivity index (χ4n) is 1.72. The molecule has 0 amide bonds. The Morgan fingerprint density at radius 3 is 2.90 bits per heavy atom. The van der Waals surface area contributed by atoms with Gasteiger partial charge in [-0.05, 0) is 25.1 Å². The number of halogens is 1. The van der Waals surface area contributed by atoms with E-state index in [4.69, 9.17) is 22.1 Å². The Morgan fingerprint density at radius 2 is 2.24 bits per heavy atom. The van der Waals surface area contributed by atoms with Crippen molar-refractivity contribution in [1.82, 2.24) is 9.97 Å². The normalized spacial score (nSPS) is 11.3. The highest BCUT2D eigenvalue weighted by Gasteiger charge is 2.09. The minimum Gasteiger partial charge on any atom is -0.494 e. The van der Waals surface area contributed by atoms with Gasteiger partial charge < -0.3 is 10.5 Å². The summed E-state index contributed by atoms with van der Waals surface area (Å²) in [5.41, 5.74) is 6.75. The first-order chi connectivity index (χ1) is 9.97. The summed E-state index contributed by atoms with van der Waals surface area (Å²) in [4.78, 5) is 20.8. The van der Waals surface area contributed by atoms with Gasteiger partial charge in [-0.25, -0.2) is 9.98 Å². The maximum absolute atomic E-state index is 11.4. The van der Waals surface area contributed by atoms with Gasteiger partial charge in [0, 0.05) is 11.1 Å². The van der Waals surface area contributed by atoms with Crippen molar-refractivity contribution in [3.8, 4) is 5.75 Å². The standard InChI is InChI=1S/C13H14ClN5O2/c1-7-5-11(20)18-13(16-7)19-12(15)17-9-6-8(14)3-4-10(9)21-2/h3-6H,1-2H3,(H4,15,16,17,18,19,20)/p+1. The number of aromatic nitrogens is 2. The number of methoxy groups -OCH3 is 1. The van der Waals surface area contributed by atoms with Crippen LogP contribution in [0.3, 0.4) is 0 Å². The Labute approximate surface area is 125 Å². The predicted molar refractivity (Wildman–Crippen MR) is 81.0 cm³/mol. The van der Waals surface area contributed by atoms with Crippen LogP contribution in [-0.4, -0.2) is 23.0 Å². The van der Waals surface area contributed by atoms with E-state index in [0.717, 1.165) is 0 Å². The van der Waals surface area contributed by atoms with E-state index in [1.807, 2.05) is 0 Å². The summed E-state index contributed by atoms with van der Waals surface area (Å²) in [6.07, 6.45) is 0. The predicted octanol–water partition coefficient (Wildman–Crippen LogP) is -0.121. The Balaban J connectivity index is 2.28. The molecule has 8 heteroatoms. The SMILES string of the molecule is COc1ccc(Cl)cc1NC(N)=[NH+]c1nc(C)cc(=O)[nH]1. The second kappa shape index (κ2) is 6.27. The lowest BCUT2D eigenvalue weighted by Crippen LogP contribution is -2.73. The number of H-pyrrole nitrogens is 1. The van der Waals surface area contributed by atoms with Crippen LogP contribution in [-0.2, 0) is 0 Å². The molecule has 1 heterocycles. The van der Waals surface area contributed by atoms with Gasteiger partial charge in [-0.3, -0.25) is 10.1 Å². The fraction of sp³-hybridized carbons (Fsp3) is 0.154. The number of nitrogens with zero attached hydrogens (tertiary/aromatic N) is 1. The van der Waals surface area contributed by atoms with Gasteiger partial charge in [0.15, 0.2) is 5.75 Å². The first kappa shape index (κ1) is 14.9. The molecule has 7 nitrogen and oxygen atoms in total. The zero-order chi connectivity index (χ0) is 15.4. The van der Waals surface area contributed by atoms with Crippen molar-refractivity contribution in [3.05, 3.63) is 45.3 Å². The summed E-state index contributed by atoms with van der Waals surface area (Å²) in [7, 11) is 1.54. The average molecular weight is 309 g/mol. The van der Waals surface area contributed by atoms with E-state index in [0.29, 0.717) is 22.2 Å². The second-order valence-electron chi connectivity index (χ2n) is 4.24. The highest BCUT2D eigenvalue weighted by Crippen LogP contribution is 2.27. The first-order valence-corrected chi connectivity index (χ1v) is 6.43. The highest BCUT2D eigenvalue weighted by molar-refractivity contribution is 6.31. The summed E-state index contributed by atoms with van der Waals surface area (Å²) in [6.45, 7) is 1.71. The Hall–Kier alpha value is -2.54. The molecule has 110 valence electrons. The van der Waals surface area contributed by atoms with Gasteiger partial charge >= 0.3 is 5.95 Å². The summed E-state index contributed by atoms with van der Waals surface area (Å²) >= 11 is 5.93. The van der Waals surface area contributed by atoms with Crippen LogP contribution < -0.4 is 26.3 Å². The van der Waals surface area contributed by atoms with Gasteiger partial charge in [0.2, 0.25) is 0 Å². The van der Waals surface area contributed by atoms with Crippen molar-refractivity contribution in [2.75, 3.05) is 12.4 Å². The van der Waals surface area contributed by atoms with Gasteiger partial charge in [-0.15, -0.1) is 4.98 Å². The zero-order valence-electron chi connectivity index (χ0n) is 11.5. The first-order valence-electron chi connectivity index (χ1n) is 6.06. The van der Waals surface area contributed by atoms with E-state index >= 15 is 0 Å². The number of hydrogen-bond donors (Lipinski definition) is 4. The van der Waals surface area contributed by atoms with Crippen LogP contribution in [0.15, 0.2) is 29.1 Å². The number of rotatable bonds is 3. The Morgan fingerprint density at radius 1 is 1.48 bits per heavy atom. The maximum atomic E-state index is 11.4. The molecule has 2 rings (SSSR count). The molecule has 5 N–H and O–H groups in total.